The summed E-state index contributed by atoms with van der Waals surface area (Å²) in [6.45, 7) is 1.92. The van der Waals surface area contributed by atoms with E-state index in [1.54, 1.807) is 5.48 Å². The van der Waals surface area contributed by atoms with Crippen LogP contribution in [0.4, 0.5) is 11.5 Å². The molecule has 116 valence electrons. The van der Waals surface area contributed by atoms with Gasteiger partial charge in [-0.3, -0.25) is 10.0 Å². The molecule has 0 saturated heterocycles. The van der Waals surface area contributed by atoms with E-state index in [1.165, 1.54) is 6.33 Å². The molecule has 1 aromatic heterocycles. The van der Waals surface area contributed by atoms with Crippen LogP contribution in [0.15, 0.2) is 48.8 Å². The number of fused-ring (bicyclic) bond motifs is 1. The molecule has 0 bridgehead atoms. The number of nitrogens with zero attached hydrogens (tertiary/aromatic N) is 2. The van der Waals surface area contributed by atoms with Gasteiger partial charge in [0.1, 0.15) is 12.1 Å². The molecule has 1 amide bonds. The Bertz CT molecular complexity index is 859. The first-order valence-corrected chi connectivity index (χ1v) is 7.16. The van der Waals surface area contributed by atoms with Crippen LogP contribution in [-0.2, 0) is 11.2 Å². The van der Waals surface area contributed by atoms with Gasteiger partial charge in [-0.25, -0.2) is 15.4 Å². The van der Waals surface area contributed by atoms with Crippen molar-refractivity contribution in [3.05, 3.63) is 59.9 Å². The molecule has 0 saturated carbocycles. The zero-order valence-electron chi connectivity index (χ0n) is 12.6. The summed E-state index contributed by atoms with van der Waals surface area (Å²) in [5.74, 6) is 0.298. The Morgan fingerprint density at radius 1 is 1.17 bits per heavy atom. The van der Waals surface area contributed by atoms with Crippen molar-refractivity contribution in [1.29, 1.82) is 0 Å². The molecule has 3 aromatic rings. The molecule has 23 heavy (non-hydrogen) atoms. The van der Waals surface area contributed by atoms with Crippen LogP contribution >= 0.6 is 0 Å². The van der Waals surface area contributed by atoms with E-state index in [1.807, 2.05) is 49.4 Å². The van der Waals surface area contributed by atoms with E-state index in [4.69, 9.17) is 5.21 Å². The summed E-state index contributed by atoms with van der Waals surface area (Å²) in [7, 11) is 0. The van der Waals surface area contributed by atoms with E-state index in [0.29, 0.717) is 0 Å². The van der Waals surface area contributed by atoms with Gasteiger partial charge in [0.05, 0.1) is 11.9 Å². The summed E-state index contributed by atoms with van der Waals surface area (Å²) in [5.41, 5.74) is 5.20. The molecule has 6 heteroatoms. The third kappa shape index (κ3) is 3.27. The molecule has 0 aliphatic rings. The molecule has 0 spiro atoms. The van der Waals surface area contributed by atoms with E-state index in [9.17, 15) is 4.79 Å². The summed E-state index contributed by atoms with van der Waals surface area (Å²) in [5, 5.41) is 12.8. The van der Waals surface area contributed by atoms with Crippen molar-refractivity contribution >= 4 is 28.3 Å². The zero-order chi connectivity index (χ0) is 16.2. The molecule has 3 rings (SSSR count). The number of carbonyl (C=O) groups is 1. The molecule has 0 fully saturated rings. The van der Waals surface area contributed by atoms with Gasteiger partial charge in [-0.05, 0) is 42.3 Å². The summed E-state index contributed by atoms with van der Waals surface area (Å²) >= 11 is 0. The van der Waals surface area contributed by atoms with Crippen molar-refractivity contribution in [3.63, 3.8) is 0 Å². The van der Waals surface area contributed by atoms with E-state index >= 15 is 0 Å². The van der Waals surface area contributed by atoms with E-state index in [0.717, 1.165) is 33.5 Å². The molecular formula is C17H16N4O2. The van der Waals surface area contributed by atoms with Gasteiger partial charge >= 0.3 is 0 Å². The molecule has 1 heterocycles. The molecule has 0 atom stereocenters. The summed E-state index contributed by atoms with van der Waals surface area (Å²) in [6.07, 6.45) is 1.66. The number of para-hydroxylation sites is 1. The molecule has 0 aliphatic carbocycles. The first-order chi connectivity index (χ1) is 11.2. The molecule has 3 N–H and O–H groups in total. The van der Waals surface area contributed by atoms with Crippen LogP contribution in [0.5, 0.6) is 0 Å². The minimum Gasteiger partial charge on any atom is -0.340 e. The lowest BCUT2D eigenvalue weighted by molar-refractivity contribution is -0.128. The number of amides is 1. The predicted octanol–water partition coefficient (Wildman–Crippen LogP) is 2.73. The molecule has 6 nitrogen and oxygen atoms in total. The van der Waals surface area contributed by atoms with Gasteiger partial charge < -0.3 is 5.32 Å². The van der Waals surface area contributed by atoms with Crippen LogP contribution in [0.3, 0.4) is 0 Å². The second kappa shape index (κ2) is 6.41. The number of aryl methyl sites for hydroxylation is 1. The monoisotopic (exact) mass is 308 g/mol. The fourth-order valence-corrected chi connectivity index (χ4v) is 2.43. The molecular weight excluding hydrogens is 292 g/mol. The van der Waals surface area contributed by atoms with Crippen LogP contribution in [0.2, 0.25) is 0 Å². The van der Waals surface area contributed by atoms with E-state index < -0.39 is 5.91 Å². The van der Waals surface area contributed by atoms with Crippen molar-refractivity contribution in [2.45, 2.75) is 13.3 Å². The van der Waals surface area contributed by atoms with Crippen LogP contribution in [-0.4, -0.2) is 21.1 Å². The Morgan fingerprint density at radius 2 is 2.00 bits per heavy atom. The Hall–Kier alpha value is -2.99. The van der Waals surface area contributed by atoms with Gasteiger partial charge in [0, 0.05) is 11.1 Å². The largest absolute Gasteiger partial charge is 0.340 e. The first-order valence-electron chi connectivity index (χ1n) is 7.16. The lowest BCUT2D eigenvalue weighted by atomic mass is 10.0. The van der Waals surface area contributed by atoms with Gasteiger partial charge in [-0.15, -0.1) is 0 Å². The highest BCUT2D eigenvalue weighted by Gasteiger charge is 2.07. The highest BCUT2D eigenvalue weighted by Crippen LogP contribution is 2.24. The number of nitrogens with one attached hydrogen (secondary N) is 2. The number of aromatic nitrogens is 2. The van der Waals surface area contributed by atoms with Crippen LogP contribution in [0, 0.1) is 6.92 Å². The quantitative estimate of drug-likeness (QED) is 0.509. The Labute approximate surface area is 133 Å². The van der Waals surface area contributed by atoms with Gasteiger partial charge in [0.15, 0.2) is 0 Å². The average Bonchev–Trinajstić information content (AvgIpc) is 2.57. The fraction of sp³-hybridized carbons (Fsp3) is 0.118. The number of rotatable bonds is 4. The number of hydroxylamine groups is 1. The third-order valence-electron chi connectivity index (χ3n) is 3.62. The highest BCUT2D eigenvalue weighted by atomic mass is 16.5. The van der Waals surface area contributed by atoms with Crippen molar-refractivity contribution in [3.8, 4) is 0 Å². The topological polar surface area (TPSA) is 87.1 Å². The van der Waals surface area contributed by atoms with Crippen LogP contribution < -0.4 is 10.8 Å². The van der Waals surface area contributed by atoms with Crippen molar-refractivity contribution in [1.82, 2.24) is 15.4 Å². The average molecular weight is 308 g/mol. The maximum atomic E-state index is 11.3. The second-order valence-electron chi connectivity index (χ2n) is 5.22. The molecule has 0 radical (unpaired) electrons. The number of hydrogen-bond donors (Lipinski definition) is 3. The maximum absolute atomic E-state index is 11.3. The van der Waals surface area contributed by atoms with Crippen LogP contribution in [0.1, 0.15) is 11.1 Å². The van der Waals surface area contributed by atoms with E-state index in [2.05, 4.69) is 15.3 Å². The van der Waals surface area contributed by atoms with Crippen LogP contribution in [0.25, 0.3) is 10.9 Å². The third-order valence-corrected chi connectivity index (χ3v) is 3.62. The minimum atomic E-state index is -0.435. The van der Waals surface area contributed by atoms with Crippen molar-refractivity contribution in [2.24, 2.45) is 0 Å². The number of benzene rings is 2. The van der Waals surface area contributed by atoms with Gasteiger partial charge in [0.2, 0.25) is 5.91 Å². The Kier molecular flexibility index (Phi) is 4.16. The van der Waals surface area contributed by atoms with Crippen molar-refractivity contribution in [2.75, 3.05) is 5.32 Å². The van der Waals surface area contributed by atoms with E-state index in [-0.39, 0.29) is 6.42 Å². The Morgan fingerprint density at radius 3 is 2.78 bits per heavy atom. The maximum Gasteiger partial charge on any atom is 0.247 e. The summed E-state index contributed by atoms with van der Waals surface area (Å²) in [4.78, 5) is 19.8. The number of carbonyl (C=O) groups excluding carboxylic acids is 1. The smallest absolute Gasteiger partial charge is 0.247 e. The highest BCUT2D eigenvalue weighted by molar-refractivity contribution is 5.90. The van der Waals surface area contributed by atoms with Gasteiger partial charge in [-0.1, -0.05) is 18.2 Å². The Balaban J connectivity index is 1.88. The zero-order valence-corrected chi connectivity index (χ0v) is 12.6. The normalized spacial score (nSPS) is 10.5. The number of anilines is 2. The standard InChI is InChI=1S/C17H16N4O2/c1-11-8-13(7-6-12(11)9-16(22)21-23)20-17-14-4-2-3-5-15(14)18-10-19-17/h2-8,10,23H,9H2,1H3,(H,21,22)(H,18,19,20). The van der Waals surface area contributed by atoms with Crippen molar-refractivity contribution < 1.29 is 10.0 Å². The molecule has 0 aliphatic heterocycles. The lowest BCUT2D eigenvalue weighted by Crippen LogP contribution is -2.21. The van der Waals surface area contributed by atoms with Gasteiger partial charge in [0.25, 0.3) is 0 Å². The first kappa shape index (κ1) is 14.9. The SMILES string of the molecule is Cc1cc(Nc2ncnc3ccccc23)ccc1CC(=O)NO. The van der Waals surface area contributed by atoms with Gasteiger partial charge in [-0.2, -0.15) is 0 Å². The number of hydrogen-bond acceptors (Lipinski definition) is 5. The summed E-state index contributed by atoms with van der Waals surface area (Å²) in [6, 6.07) is 13.5. The molecule has 2 aromatic carbocycles. The fourth-order valence-electron chi connectivity index (χ4n) is 2.43. The molecule has 0 unspecified atom stereocenters. The lowest BCUT2D eigenvalue weighted by Gasteiger charge is -2.11. The minimum absolute atomic E-state index is 0.138. The second-order valence-corrected chi connectivity index (χ2v) is 5.22. The predicted molar refractivity (Wildman–Crippen MR) is 87.6 cm³/mol. The summed E-state index contributed by atoms with van der Waals surface area (Å²) < 4.78 is 0.